The molecule has 15 heteroatoms. The highest BCUT2D eigenvalue weighted by molar-refractivity contribution is 6.61. The average molecular weight is 1010 g/mol. The lowest BCUT2D eigenvalue weighted by molar-refractivity contribution is 0.102. The highest BCUT2D eigenvalue weighted by atomic mass is 28.4. The molecule has 0 N–H and O–H groups in total. The molecule has 12 nitrogen and oxygen atoms in total. The summed E-state index contributed by atoms with van der Waals surface area (Å²) in [5.41, 5.74) is 0. The molecule has 0 saturated heterocycles. The topological polar surface area (TPSA) is 92.8 Å². The van der Waals surface area contributed by atoms with Crippen molar-refractivity contribution in [3.05, 3.63) is 0 Å². The van der Waals surface area contributed by atoms with Crippen molar-refractivity contribution >= 4 is 26.4 Å². The fourth-order valence-electron chi connectivity index (χ4n) is 8.33. The van der Waals surface area contributed by atoms with Gasteiger partial charge in [-0.05, 0) is 104 Å². The Morgan fingerprint density at radius 3 is 0.687 bits per heavy atom. The monoisotopic (exact) mass is 1010 g/mol. The van der Waals surface area contributed by atoms with E-state index in [0.717, 1.165) is 57.3 Å². The predicted molar refractivity (Wildman–Crippen MR) is 293 cm³/mol. The van der Waals surface area contributed by atoms with Gasteiger partial charge >= 0.3 is 26.4 Å². The van der Waals surface area contributed by atoms with Crippen LogP contribution in [0.3, 0.4) is 0 Å². The maximum absolute atomic E-state index is 5.57. The molecule has 0 spiro atoms. The number of hydrogen-bond acceptors (Lipinski definition) is 12. The molecule has 0 unspecified atom stereocenters. The molecule has 67 heavy (non-hydrogen) atoms. The second-order valence-electron chi connectivity index (χ2n) is 18.4. The first-order valence-corrected chi connectivity index (χ1v) is 33.5. The van der Waals surface area contributed by atoms with Gasteiger partial charge in [0.15, 0.2) is 0 Å². The second-order valence-corrected chi connectivity index (χ2v) is 27.5. The first kappa shape index (κ1) is 71.4. The summed E-state index contributed by atoms with van der Waals surface area (Å²) in [7, 11) is 8.00. The van der Waals surface area contributed by atoms with Crippen LogP contribution >= 0.6 is 0 Å². The zero-order valence-electron chi connectivity index (χ0n) is 47.7. The van der Waals surface area contributed by atoms with E-state index in [9.17, 15) is 0 Å². The normalized spacial score (nSPS) is 12.3. The fraction of sp³-hybridized carbons (Fsp3) is 1.00. The molecule has 0 amide bonds. The van der Waals surface area contributed by atoms with Gasteiger partial charge in [-0.3, -0.25) is 4.90 Å². The molecule has 0 aliphatic carbocycles. The lowest BCUT2D eigenvalue weighted by Gasteiger charge is -2.31. The lowest BCUT2D eigenvalue weighted by atomic mass is 10.1. The van der Waals surface area contributed by atoms with E-state index in [-0.39, 0.29) is 0 Å². The zero-order chi connectivity index (χ0) is 50.8. The van der Waals surface area contributed by atoms with E-state index >= 15 is 0 Å². The van der Waals surface area contributed by atoms with E-state index in [1.807, 2.05) is 0 Å². The van der Waals surface area contributed by atoms with Crippen LogP contribution < -0.4 is 0 Å². The second kappa shape index (κ2) is 52.5. The molecule has 0 aliphatic heterocycles. The molecule has 0 aromatic rings. The van der Waals surface area contributed by atoms with E-state index in [1.54, 1.807) is 64.0 Å². The van der Waals surface area contributed by atoms with Crippen molar-refractivity contribution in [2.75, 3.05) is 123 Å². The quantitative estimate of drug-likeness (QED) is 0.0429. The third-order valence-electron chi connectivity index (χ3n) is 13.1. The first-order chi connectivity index (χ1) is 32.5. The highest BCUT2D eigenvalue weighted by Crippen LogP contribution is 2.18. The summed E-state index contributed by atoms with van der Waals surface area (Å²) in [4.78, 5) is 7.71. The Morgan fingerprint density at radius 1 is 0.224 bits per heavy atom. The van der Waals surface area contributed by atoms with Crippen LogP contribution in [0.15, 0.2) is 0 Å². The molecule has 0 rings (SSSR count). The van der Waals surface area contributed by atoms with E-state index in [4.69, 9.17) is 39.8 Å². The van der Waals surface area contributed by atoms with Crippen molar-refractivity contribution in [3.8, 4) is 0 Å². The Bertz CT molecular complexity index is 897. The van der Waals surface area contributed by atoms with Crippen molar-refractivity contribution in [1.82, 2.24) is 14.7 Å². The fourth-order valence-corrected chi connectivity index (χ4v) is 13.5. The highest BCUT2D eigenvalue weighted by Gasteiger charge is 2.40. The van der Waals surface area contributed by atoms with Gasteiger partial charge in [-0.25, -0.2) is 0 Å². The summed E-state index contributed by atoms with van der Waals surface area (Å²) >= 11 is 0. The van der Waals surface area contributed by atoms with Crippen LogP contribution in [0.25, 0.3) is 0 Å². The summed E-state index contributed by atoms with van der Waals surface area (Å²) < 4.78 is 49.7. The zero-order valence-corrected chi connectivity index (χ0v) is 50.7. The Hall–Kier alpha value is 0.171. The third-order valence-corrected chi connectivity index (χ3v) is 21.5. The number of unbranched alkanes of at least 4 members (excludes halogenated alkanes) is 18. The molecule has 0 aromatic carbocycles. The molecule has 0 aliphatic rings. The van der Waals surface area contributed by atoms with Gasteiger partial charge in [0.2, 0.25) is 0 Å². The molecule has 0 atom stereocenters. The summed E-state index contributed by atoms with van der Waals surface area (Å²) in [5.74, 6) is 0. The largest absolute Gasteiger partial charge is 0.514 e. The number of nitrogens with zero attached hydrogens (tertiary/aromatic N) is 3. The minimum atomic E-state index is -2.45. The molecule has 0 radical (unpaired) electrons. The van der Waals surface area contributed by atoms with Crippen molar-refractivity contribution in [2.45, 2.75) is 221 Å². The minimum absolute atomic E-state index is 0.788. The van der Waals surface area contributed by atoms with Gasteiger partial charge in [0.25, 0.3) is 0 Å². The molecular formula is C52H119N3O9Si3. The molecule has 0 aromatic heterocycles. The van der Waals surface area contributed by atoms with Crippen LogP contribution in [-0.4, -0.2) is 164 Å². The average Bonchev–Trinajstić information content (AvgIpc) is 3.36. The van der Waals surface area contributed by atoms with Crippen molar-refractivity contribution in [1.29, 1.82) is 0 Å². The summed E-state index contributed by atoms with van der Waals surface area (Å²) in [6.45, 7) is 22.9. The summed E-state index contributed by atoms with van der Waals surface area (Å²) in [5, 5.41) is 0. The van der Waals surface area contributed by atoms with Crippen LogP contribution in [0, 0.1) is 0 Å². The van der Waals surface area contributed by atoms with Crippen LogP contribution in [0.5, 0.6) is 0 Å². The van der Waals surface area contributed by atoms with Crippen molar-refractivity contribution < 1.29 is 39.8 Å². The lowest BCUT2D eigenvalue weighted by Crippen LogP contribution is -2.53. The minimum Gasteiger partial charge on any atom is -0.377 e. The molecule has 0 fully saturated rings. The van der Waals surface area contributed by atoms with Crippen LogP contribution in [0.2, 0.25) is 12.1 Å². The van der Waals surface area contributed by atoms with Crippen molar-refractivity contribution in [2.24, 2.45) is 0 Å². The number of hydrogen-bond donors (Lipinski definition) is 0. The van der Waals surface area contributed by atoms with E-state index in [1.165, 1.54) is 180 Å². The summed E-state index contributed by atoms with van der Waals surface area (Å²) in [6.07, 6.45) is 34.9. The Labute approximate surface area is 422 Å². The van der Waals surface area contributed by atoms with Crippen LogP contribution in [-0.2, 0) is 39.8 Å². The Kier molecular flexibility index (Phi) is 56.0. The number of rotatable bonds is 49. The van der Waals surface area contributed by atoms with Gasteiger partial charge < -0.3 is 49.6 Å². The van der Waals surface area contributed by atoms with Crippen molar-refractivity contribution in [3.63, 3.8) is 0 Å². The van der Waals surface area contributed by atoms with Gasteiger partial charge in [-0.1, -0.05) is 157 Å². The molecule has 408 valence electrons. The van der Waals surface area contributed by atoms with Gasteiger partial charge in [0.1, 0.15) is 0 Å². The Morgan fingerprint density at radius 2 is 0.433 bits per heavy atom. The maximum Gasteiger partial charge on any atom is 0.514 e. The standard InChI is InChI=1S/C22H49NO3Si.C18H41NO3Si.C12H29NO3Si/c1-6-8-10-12-14-16-19-23(20-17-15-13-11-9-7-2)21-18-22-27(24-3,25-4)26-5;1-6-8-10-12-15-19(16-13-11-9-7-2)17-14-18-23(20-3,21-4)22-5;1-6-8-10-13(11-9-7-2)12-17(14-3,15-4)16-5/h6-22H2,1-5H3;6-18H2,1-5H3;6-12H2,1-5H3. The van der Waals surface area contributed by atoms with Gasteiger partial charge in [-0.15, -0.1) is 0 Å². The molecule has 0 saturated carbocycles. The van der Waals surface area contributed by atoms with E-state index in [2.05, 4.69) is 56.2 Å². The van der Waals surface area contributed by atoms with E-state index < -0.39 is 26.4 Å². The van der Waals surface area contributed by atoms with Gasteiger partial charge in [0, 0.05) is 76.1 Å². The van der Waals surface area contributed by atoms with Gasteiger partial charge in [-0.2, -0.15) is 0 Å². The predicted octanol–water partition coefficient (Wildman–Crippen LogP) is 13.3. The molecular weight excluding hydrogens is 895 g/mol. The third kappa shape index (κ3) is 40.4. The summed E-state index contributed by atoms with van der Waals surface area (Å²) in [6, 6.07) is 1.80. The van der Waals surface area contributed by atoms with E-state index in [0.29, 0.717) is 0 Å². The first-order valence-electron chi connectivity index (χ1n) is 27.7. The molecule has 0 heterocycles. The smallest absolute Gasteiger partial charge is 0.377 e. The molecule has 0 bridgehead atoms. The maximum atomic E-state index is 5.57. The van der Waals surface area contributed by atoms with Crippen LogP contribution in [0.1, 0.15) is 208 Å². The Balaban J connectivity index is -0.000000941. The van der Waals surface area contributed by atoms with Crippen LogP contribution in [0.4, 0.5) is 0 Å². The van der Waals surface area contributed by atoms with Gasteiger partial charge in [0.05, 0.1) is 6.17 Å². The SMILES string of the molecule is CCCCCCCCN(CCCCCCCC)CCC[Si](OC)(OC)OC.CCCCCCN(CCCCCC)CCC[Si](OC)(OC)OC.CCCCN(CCCC)C[Si](OC)(OC)OC.